The van der Waals surface area contributed by atoms with Crippen molar-refractivity contribution < 1.29 is 23.9 Å². The van der Waals surface area contributed by atoms with Crippen LogP contribution in [0.25, 0.3) is 11.8 Å². The zero-order valence-corrected chi connectivity index (χ0v) is 21.7. The van der Waals surface area contributed by atoms with Gasteiger partial charge in [0.05, 0.1) is 24.8 Å². The first-order valence-corrected chi connectivity index (χ1v) is 12.1. The molecule has 3 amide bonds. The summed E-state index contributed by atoms with van der Waals surface area (Å²) in [6.45, 7) is 3.46. The Kier molecular flexibility index (Phi) is 7.42. The van der Waals surface area contributed by atoms with Crippen molar-refractivity contribution in [3.63, 3.8) is 0 Å². The van der Waals surface area contributed by atoms with Gasteiger partial charge < -0.3 is 19.4 Å². The van der Waals surface area contributed by atoms with Crippen LogP contribution in [0, 0.1) is 13.8 Å². The van der Waals surface area contributed by atoms with Crippen molar-refractivity contribution in [2.75, 3.05) is 26.1 Å². The highest BCUT2D eigenvalue weighted by Crippen LogP contribution is 2.35. The lowest BCUT2D eigenvalue weighted by Gasteiger charge is -2.14. The van der Waals surface area contributed by atoms with Gasteiger partial charge in [-0.05, 0) is 85.8 Å². The highest BCUT2D eigenvalue weighted by Gasteiger charge is 2.36. The number of benzene rings is 2. The SMILES string of the molecule is COc1ccc(NC(=O)CN2C(=O)S/C(=C/c3cc(C)n(-c4cc(Cl)ccc4OC)c3C)C2=O)cc1. The van der Waals surface area contributed by atoms with Crippen LogP contribution in [-0.4, -0.2) is 47.3 Å². The van der Waals surface area contributed by atoms with E-state index in [4.69, 9.17) is 21.1 Å². The Morgan fingerprint density at radius 2 is 1.78 bits per heavy atom. The van der Waals surface area contributed by atoms with Crippen LogP contribution in [0.2, 0.25) is 5.02 Å². The number of nitrogens with one attached hydrogen (secondary N) is 1. The molecule has 2 aromatic carbocycles. The summed E-state index contributed by atoms with van der Waals surface area (Å²) in [5.41, 5.74) is 3.81. The first kappa shape index (κ1) is 25.4. The molecule has 0 spiro atoms. The molecule has 1 aliphatic rings. The molecule has 8 nitrogen and oxygen atoms in total. The number of hydrogen-bond donors (Lipinski definition) is 1. The van der Waals surface area contributed by atoms with E-state index in [1.54, 1.807) is 62.8 Å². The van der Waals surface area contributed by atoms with Gasteiger partial charge in [-0.25, -0.2) is 0 Å². The molecule has 0 saturated carbocycles. The number of aryl methyl sites for hydroxylation is 1. The van der Waals surface area contributed by atoms with Gasteiger partial charge in [0, 0.05) is 22.1 Å². The molecule has 0 bridgehead atoms. The molecular weight excluding hydrogens is 502 g/mol. The number of imide groups is 1. The van der Waals surface area contributed by atoms with Crippen molar-refractivity contribution in [3.8, 4) is 17.2 Å². The summed E-state index contributed by atoms with van der Waals surface area (Å²) in [6, 6.07) is 14.0. The third-order valence-electron chi connectivity index (χ3n) is 5.69. The van der Waals surface area contributed by atoms with Crippen molar-refractivity contribution in [1.82, 2.24) is 9.47 Å². The smallest absolute Gasteiger partial charge is 0.294 e. The minimum Gasteiger partial charge on any atom is -0.497 e. The normalized spacial score (nSPS) is 14.5. The Morgan fingerprint density at radius 1 is 1.06 bits per heavy atom. The molecule has 1 aliphatic heterocycles. The fourth-order valence-electron chi connectivity index (χ4n) is 3.94. The second kappa shape index (κ2) is 10.5. The van der Waals surface area contributed by atoms with Gasteiger partial charge >= 0.3 is 0 Å². The molecule has 3 aromatic rings. The lowest BCUT2D eigenvalue weighted by atomic mass is 10.2. The number of carbonyl (C=O) groups is 3. The van der Waals surface area contributed by atoms with Gasteiger partial charge in [0.2, 0.25) is 5.91 Å². The first-order valence-electron chi connectivity index (χ1n) is 10.9. The van der Waals surface area contributed by atoms with E-state index in [0.29, 0.717) is 22.2 Å². The van der Waals surface area contributed by atoms with E-state index in [0.717, 1.165) is 39.3 Å². The van der Waals surface area contributed by atoms with Gasteiger partial charge in [-0.15, -0.1) is 0 Å². The highest BCUT2D eigenvalue weighted by atomic mass is 35.5. The average molecular weight is 526 g/mol. The van der Waals surface area contributed by atoms with Gasteiger partial charge in [-0.2, -0.15) is 0 Å². The summed E-state index contributed by atoms with van der Waals surface area (Å²) < 4.78 is 12.6. The minimum atomic E-state index is -0.514. The first-order chi connectivity index (χ1) is 17.2. The van der Waals surface area contributed by atoms with Crippen LogP contribution in [-0.2, 0) is 9.59 Å². The van der Waals surface area contributed by atoms with Crippen LogP contribution in [0.3, 0.4) is 0 Å². The van der Waals surface area contributed by atoms with E-state index in [1.807, 2.05) is 24.5 Å². The van der Waals surface area contributed by atoms with Crippen molar-refractivity contribution in [3.05, 3.63) is 75.4 Å². The summed E-state index contributed by atoms with van der Waals surface area (Å²) in [6.07, 6.45) is 1.67. The minimum absolute atomic E-state index is 0.246. The van der Waals surface area contributed by atoms with E-state index in [9.17, 15) is 14.4 Å². The molecule has 1 saturated heterocycles. The third-order valence-corrected chi connectivity index (χ3v) is 6.83. The van der Waals surface area contributed by atoms with Crippen LogP contribution in [0.15, 0.2) is 53.4 Å². The molecule has 36 heavy (non-hydrogen) atoms. The molecule has 0 aliphatic carbocycles. The molecular formula is C26H24ClN3O5S. The molecule has 1 N–H and O–H groups in total. The predicted octanol–water partition coefficient (Wildman–Crippen LogP) is 5.44. The van der Waals surface area contributed by atoms with Gasteiger partial charge in [-0.1, -0.05) is 11.6 Å². The topological polar surface area (TPSA) is 89.9 Å². The Morgan fingerprint density at radius 3 is 2.44 bits per heavy atom. The number of ether oxygens (including phenoxy) is 2. The Hall–Kier alpha value is -3.69. The lowest BCUT2D eigenvalue weighted by Crippen LogP contribution is -2.36. The Bertz CT molecular complexity index is 1380. The molecule has 186 valence electrons. The lowest BCUT2D eigenvalue weighted by molar-refractivity contribution is -0.127. The van der Waals surface area contributed by atoms with Gasteiger partial charge in [-0.3, -0.25) is 19.3 Å². The number of rotatable bonds is 7. The van der Waals surface area contributed by atoms with Crippen LogP contribution < -0.4 is 14.8 Å². The summed E-state index contributed by atoms with van der Waals surface area (Å²) in [5.74, 6) is 0.308. The van der Waals surface area contributed by atoms with E-state index < -0.39 is 17.1 Å². The van der Waals surface area contributed by atoms with Crippen molar-refractivity contribution in [1.29, 1.82) is 0 Å². The second-order valence-corrected chi connectivity index (χ2v) is 9.45. The van der Waals surface area contributed by atoms with Crippen LogP contribution in [0.5, 0.6) is 11.5 Å². The van der Waals surface area contributed by atoms with E-state index in [1.165, 1.54) is 0 Å². The average Bonchev–Trinajstić information content (AvgIpc) is 3.28. The zero-order chi connectivity index (χ0) is 26.0. The molecule has 4 rings (SSSR count). The maximum Gasteiger partial charge on any atom is 0.294 e. The number of amides is 3. The van der Waals surface area contributed by atoms with Crippen molar-refractivity contribution >= 4 is 52.2 Å². The summed E-state index contributed by atoms with van der Waals surface area (Å²) in [4.78, 5) is 39.2. The molecule has 0 atom stereocenters. The number of nitrogens with zero attached hydrogens (tertiary/aromatic N) is 2. The molecule has 0 radical (unpaired) electrons. The number of carbonyl (C=O) groups excluding carboxylic acids is 3. The molecule has 1 aromatic heterocycles. The number of hydrogen-bond acceptors (Lipinski definition) is 6. The van der Waals surface area contributed by atoms with E-state index >= 15 is 0 Å². The maximum atomic E-state index is 13.0. The molecule has 10 heteroatoms. The standard InChI is InChI=1S/C26H24ClN3O5S/c1-15-11-17(16(2)30(15)21-13-18(27)5-10-22(21)35-4)12-23-25(32)29(26(33)36-23)14-24(31)28-19-6-8-20(34-3)9-7-19/h5-13H,14H2,1-4H3,(H,28,31)/b23-12+. The highest BCUT2D eigenvalue weighted by molar-refractivity contribution is 8.18. The Balaban J connectivity index is 1.54. The van der Waals surface area contributed by atoms with E-state index in [-0.39, 0.29) is 11.4 Å². The molecule has 2 heterocycles. The second-order valence-electron chi connectivity index (χ2n) is 8.02. The summed E-state index contributed by atoms with van der Waals surface area (Å²) in [5, 5.41) is 2.75. The maximum absolute atomic E-state index is 13.0. The number of thioether (sulfide) groups is 1. The fraction of sp³-hybridized carbons (Fsp3) is 0.192. The summed E-state index contributed by atoms with van der Waals surface area (Å²) >= 11 is 7.03. The van der Waals surface area contributed by atoms with Gasteiger partial charge in [0.1, 0.15) is 18.0 Å². The van der Waals surface area contributed by atoms with E-state index in [2.05, 4.69) is 5.32 Å². The third kappa shape index (κ3) is 5.12. The quantitative estimate of drug-likeness (QED) is 0.413. The number of halogens is 1. The van der Waals surface area contributed by atoms with Crippen molar-refractivity contribution in [2.24, 2.45) is 0 Å². The van der Waals surface area contributed by atoms with Gasteiger partial charge in [0.15, 0.2) is 0 Å². The number of anilines is 1. The molecule has 1 fully saturated rings. The van der Waals surface area contributed by atoms with Crippen molar-refractivity contribution in [2.45, 2.75) is 13.8 Å². The zero-order valence-electron chi connectivity index (χ0n) is 20.1. The molecule has 0 unspecified atom stereocenters. The summed E-state index contributed by atoms with van der Waals surface area (Å²) in [7, 11) is 3.13. The van der Waals surface area contributed by atoms with Gasteiger partial charge in [0.25, 0.3) is 11.1 Å². The Labute approximate surface area is 217 Å². The van der Waals surface area contributed by atoms with Crippen LogP contribution in [0.1, 0.15) is 17.0 Å². The number of aromatic nitrogens is 1. The number of methoxy groups -OCH3 is 2. The fourth-order valence-corrected chi connectivity index (χ4v) is 4.93. The monoisotopic (exact) mass is 525 g/mol. The largest absolute Gasteiger partial charge is 0.497 e. The predicted molar refractivity (Wildman–Crippen MR) is 141 cm³/mol. The van der Waals surface area contributed by atoms with Crippen LogP contribution >= 0.6 is 23.4 Å². The van der Waals surface area contributed by atoms with Crippen LogP contribution in [0.4, 0.5) is 10.5 Å².